The van der Waals surface area contributed by atoms with Gasteiger partial charge in [-0.1, -0.05) is 0 Å². The molecular weight excluding hydrogens is 210 g/mol. The highest BCUT2D eigenvalue weighted by Crippen LogP contribution is 2.18. The molecule has 0 aromatic carbocycles. The third-order valence-electron chi connectivity index (χ3n) is 2.72. The molecule has 0 radical (unpaired) electrons. The number of ether oxygens (including phenoxy) is 3. The van der Waals surface area contributed by atoms with E-state index in [-0.39, 0.29) is 12.2 Å². The Hall–Kier alpha value is -0.810. The first-order valence-electron chi connectivity index (χ1n) is 5.82. The first-order valence-corrected chi connectivity index (χ1v) is 5.82. The lowest BCUT2D eigenvalue weighted by Gasteiger charge is -2.31. The number of nitrogens with zero attached hydrogens (tertiary/aromatic N) is 1. The van der Waals surface area contributed by atoms with Crippen LogP contribution in [0.15, 0.2) is 0 Å². The molecule has 1 saturated heterocycles. The maximum absolute atomic E-state index is 11.7. The molecule has 0 aromatic heterocycles. The Morgan fingerprint density at radius 3 is 2.69 bits per heavy atom. The maximum atomic E-state index is 11.7. The summed E-state index contributed by atoms with van der Waals surface area (Å²) in [5.41, 5.74) is 0. The lowest BCUT2D eigenvalue weighted by Crippen LogP contribution is -2.42. The largest absolute Gasteiger partial charge is 0.441 e. The Morgan fingerprint density at radius 2 is 2.12 bits per heavy atom. The van der Waals surface area contributed by atoms with Gasteiger partial charge in [0, 0.05) is 20.2 Å². The van der Waals surface area contributed by atoms with Crippen LogP contribution in [0.3, 0.4) is 0 Å². The van der Waals surface area contributed by atoms with E-state index in [1.54, 1.807) is 12.0 Å². The molecule has 1 heterocycles. The van der Waals surface area contributed by atoms with E-state index in [4.69, 9.17) is 14.2 Å². The minimum Gasteiger partial charge on any atom is -0.441 e. The van der Waals surface area contributed by atoms with Crippen molar-refractivity contribution in [2.75, 3.05) is 26.8 Å². The fourth-order valence-electron chi connectivity index (χ4n) is 1.75. The van der Waals surface area contributed by atoms with Crippen molar-refractivity contribution in [1.82, 2.24) is 4.90 Å². The van der Waals surface area contributed by atoms with E-state index in [2.05, 4.69) is 0 Å². The van der Waals surface area contributed by atoms with Gasteiger partial charge in [-0.3, -0.25) is 0 Å². The molecule has 5 heteroatoms. The highest BCUT2D eigenvalue weighted by molar-refractivity contribution is 5.67. The first kappa shape index (κ1) is 13.3. The molecule has 0 bridgehead atoms. The average Bonchev–Trinajstić information content (AvgIpc) is 2.31. The summed E-state index contributed by atoms with van der Waals surface area (Å²) in [5.74, 6) is 0. The van der Waals surface area contributed by atoms with Crippen LogP contribution in [0.2, 0.25) is 0 Å². The van der Waals surface area contributed by atoms with Crippen LogP contribution in [0.1, 0.15) is 26.7 Å². The van der Waals surface area contributed by atoms with Crippen molar-refractivity contribution >= 4 is 6.09 Å². The van der Waals surface area contributed by atoms with E-state index >= 15 is 0 Å². The van der Waals surface area contributed by atoms with Gasteiger partial charge in [-0.2, -0.15) is 0 Å². The topological polar surface area (TPSA) is 48.0 Å². The molecule has 0 spiro atoms. The van der Waals surface area contributed by atoms with E-state index in [0.717, 1.165) is 12.8 Å². The summed E-state index contributed by atoms with van der Waals surface area (Å²) in [6.45, 7) is 5.82. The summed E-state index contributed by atoms with van der Waals surface area (Å²) >= 11 is 0. The van der Waals surface area contributed by atoms with Crippen LogP contribution in [0.25, 0.3) is 0 Å². The lowest BCUT2D eigenvalue weighted by atomic mass is 10.1. The predicted octanol–water partition coefficient (Wildman–Crippen LogP) is 1.62. The van der Waals surface area contributed by atoms with Crippen LogP contribution in [0.5, 0.6) is 0 Å². The van der Waals surface area contributed by atoms with Crippen molar-refractivity contribution in [3.05, 3.63) is 0 Å². The molecule has 1 aliphatic heterocycles. The van der Waals surface area contributed by atoms with Crippen molar-refractivity contribution in [2.24, 2.45) is 0 Å². The molecule has 5 nitrogen and oxygen atoms in total. The van der Waals surface area contributed by atoms with Crippen LogP contribution >= 0.6 is 0 Å². The van der Waals surface area contributed by atoms with Crippen LogP contribution in [-0.2, 0) is 14.2 Å². The van der Waals surface area contributed by atoms with E-state index in [1.165, 1.54) is 0 Å². The van der Waals surface area contributed by atoms with Crippen LogP contribution < -0.4 is 0 Å². The van der Waals surface area contributed by atoms with Gasteiger partial charge in [-0.25, -0.2) is 4.79 Å². The first-order chi connectivity index (χ1) is 7.72. The van der Waals surface area contributed by atoms with Gasteiger partial charge in [0.05, 0.1) is 6.61 Å². The van der Waals surface area contributed by atoms with Gasteiger partial charge in [-0.15, -0.1) is 0 Å². The zero-order chi connectivity index (χ0) is 12.0. The number of hydrogen-bond donors (Lipinski definition) is 0. The Kier molecular flexibility index (Phi) is 5.55. The minimum absolute atomic E-state index is 0.285. The monoisotopic (exact) mass is 231 g/mol. The maximum Gasteiger partial charge on any atom is 0.410 e. The lowest BCUT2D eigenvalue weighted by molar-refractivity contribution is -0.203. The highest BCUT2D eigenvalue weighted by Gasteiger charge is 2.30. The van der Waals surface area contributed by atoms with Gasteiger partial charge in [0.1, 0.15) is 0 Å². The van der Waals surface area contributed by atoms with Gasteiger partial charge in [0.15, 0.2) is 12.4 Å². The molecule has 2 atom stereocenters. The predicted molar refractivity (Wildman–Crippen MR) is 59.2 cm³/mol. The van der Waals surface area contributed by atoms with Crippen LogP contribution in [0.4, 0.5) is 4.79 Å². The second kappa shape index (κ2) is 6.70. The molecule has 94 valence electrons. The van der Waals surface area contributed by atoms with Crippen LogP contribution in [0, 0.1) is 0 Å². The molecule has 2 unspecified atom stereocenters. The number of carbonyl (C=O) groups excluding carboxylic acids is 1. The summed E-state index contributed by atoms with van der Waals surface area (Å²) in [6, 6.07) is 0. The quantitative estimate of drug-likeness (QED) is 0.737. The second-order valence-corrected chi connectivity index (χ2v) is 3.71. The summed E-state index contributed by atoms with van der Waals surface area (Å²) in [4.78, 5) is 13.4. The molecular formula is C11H21NO4. The molecule has 16 heavy (non-hydrogen) atoms. The zero-order valence-electron chi connectivity index (χ0n) is 10.3. The Bertz CT molecular complexity index is 218. The summed E-state index contributed by atoms with van der Waals surface area (Å²) < 4.78 is 15.9. The molecule has 1 amide bonds. The van der Waals surface area contributed by atoms with Crippen molar-refractivity contribution in [3.63, 3.8) is 0 Å². The van der Waals surface area contributed by atoms with Crippen LogP contribution in [-0.4, -0.2) is 50.2 Å². The van der Waals surface area contributed by atoms with Gasteiger partial charge >= 0.3 is 6.09 Å². The van der Waals surface area contributed by atoms with E-state index in [0.29, 0.717) is 19.7 Å². The number of hydrogen-bond acceptors (Lipinski definition) is 4. The smallest absolute Gasteiger partial charge is 0.410 e. The Labute approximate surface area is 96.6 Å². The number of amides is 1. The standard InChI is InChI=1S/C11H21NO4/c1-4-12(5-2)11(13)16-9-7-6-8-15-10(9)14-3/h9-10H,4-8H2,1-3H3. The highest BCUT2D eigenvalue weighted by atomic mass is 16.7. The average molecular weight is 231 g/mol. The minimum atomic E-state index is -0.423. The summed E-state index contributed by atoms with van der Waals surface area (Å²) in [7, 11) is 1.56. The summed E-state index contributed by atoms with van der Waals surface area (Å²) in [5, 5.41) is 0. The van der Waals surface area contributed by atoms with Crippen molar-refractivity contribution in [1.29, 1.82) is 0 Å². The fourth-order valence-corrected chi connectivity index (χ4v) is 1.75. The van der Waals surface area contributed by atoms with Gasteiger partial charge in [0.2, 0.25) is 0 Å². The molecule has 1 rings (SSSR count). The van der Waals surface area contributed by atoms with Crippen molar-refractivity contribution in [3.8, 4) is 0 Å². The Balaban J connectivity index is 2.47. The molecule has 0 aliphatic carbocycles. The van der Waals surface area contributed by atoms with E-state index in [1.807, 2.05) is 13.8 Å². The Morgan fingerprint density at radius 1 is 1.44 bits per heavy atom. The number of methoxy groups -OCH3 is 1. The molecule has 1 fully saturated rings. The molecule has 0 saturated carbocycles. The second-order valence-electron chi connectivity index (χ2n) is 3.71. The zero-order valence-corrected chi connectivity index (χ0v) is 10.3. The molecule has 0 aromatic rings. The SMILES string of the molecule is CCN(CC)C(=O)OC1CCCOC1OC. The van der Waals surface area contributed by atoms with Gasteiger partial charge in [-0.05, 0) is 26.7 Å². The summed E-state index contributed by atoms with van der Waals surface area (Å²) in [6.07, 6.45) is 0.698. The molecule has 0 N–H and O–H groups in total. The van der Waals surface area contributed by atoms with Gasteiger partial charge < -0.3 is 19.1 Å². The third-order valence-corrected chi connectivity index (χ3v) is 2.72. The fraction of sp³-hybridized carbons (Fsp3) is 0.909. The van der Waals surface area contributed by atoms with Crippen molar-refractivity contribution in [2.45, 2.75) is 39.1 Å². The normalized spacial score (nSPS) is 25.2. The third kappa shape index (κ3) is 3.35. The van der Waals surface area contributed by atoms with E-state index in [9.17, 15) is 4.79 Å². The van der Waals surface area contributed by atoms with Crippen molar-refractivity contribution < 1.29 is 19.0 Å². The number of rotatable bonds is 4. The molecule has 1 aliphatic rings. The van der Waals surface area contributed by atoms with E-state index < -0.39 is 6.29 Å². The number of carbonyl (C=O) groups is 1. The van der Waals surface area contributed by atoms with Gasteiger partial charge in [0.25, 0.3) is 0 Å².